The predicted octanol–water partition coefficient (Wildman–Crippen LogP) is 7.27. The van der Waals surface area contributed by atoms with Crippen molar-refractivity contribution < 1.29 is 34.1 Å². The molecule has 10 heteroatoms. The summed E-state index contributed by atoms with van der Waals surface area (Å²) in [5.41, 5.74) is 4.72. The van der Waals surface area contributed by atoms with E-state index < -0.39 is 11.8 Å². The van der Waals surface area contributed by atoms with E-state index in [1.54, 1.807) is 6.08 Å². The van der Waals surface area contributed by atoms with E-state index in [2.05, 4.69) is 30.6 Å². The number of hydrogen-bond acceptors (Lipinski definition) is 9. The van der Waals surface area contributed by atoms with Gasteiger partial charge in [-0.15, -0.1) is 6.58 Å². The van der Waals surface area contributed by atoms with Crippen LogP contribution in [0.25, 0.3) is 0 Å². The van der Waals surface area contributed by atoms with Crippen LogP contribution in [0.15, 0.2) is 65.9 Å². The van der Waals surface area contributed by atoms with E-state index >= 15 is 0 Å². The van der Waals surface area contributed by atoms with Crippen molar-refractivity contribution in [2.75, 3.05) is 33.0 Å². The second kappa shape index (κ2) is 18.1. The fourth-order valence-electron chi connectivity index (χ4n) is 8.94. The lowest BCUT2D eigenvalue weighted by Crippen LogP contribution is -2.70. The average molecular weight is 730 g/mol. The van der Waals surface area contributed by atoms with E-state index in [4.69, 9.17) is 24.2 Å². The minimum Gasteiger partial charge on any atom is -0.487 e. The van der Waals surface area contributed by atoms with Crippen LogP contribution in [0.1, 0.15) is 101 Å². The molecule has 288 valence electrons. The maximum Gasteiger partial charge on any atom is 0.239 e. The lowest BCUT2D eigenvalue weighted by molar-refractivity contribution is -0.257. The van der Waals surface area contributed by atoms with Gasteiger partial charge in [0.15, 0.2) is 0 Å². The normalized spacial score (nSPS) is 26.5. The number of rotatable bonds is 20. The van der Waals surface area contributed by atoms with Crippen molar-refractivity contribution in [3.63, 3.8) is 0 Å². The summed E-state index contributed by atoms with van der Waals surface area (Å²) in [5, 5.41) is 24.4. The van der Waals surface area contributed by atoms with Gasteiger partial charge in [0.1, 0.15) is 30.8 Å². The van der Waals surface area contributed by atoms with Gasteiger partial charge in [-0.3, -0.25) is 9.78 Å². The molecule has 2 saturated carbocycles. The number of aromatic nitrogens is 1. The number of unbranched alkanes of at least 4 members (excludes halogenated alkanes) is 2. The van der Waals surface area contributed by atoms with Crippen LogP contribution in [0.3, 0.4) is 0 Å². The van der Waals surface area contributed by atoms with E-state index in [9.17, 15) is 15.0 Å². The van der Waals surface area contributed by atoms with E-state index in [1.165, 1.54) is 0 Å². The summed E-state index contributed by atoms with van der Waals surface area (Å²) in [6.07, 6.45) is 12.1. The van der Waals surface area contributed by atoms with E-state index in [1.807, 2.05) is 49.1 Å². The Bertz CT molecular complexity index is 1620. The molecule has 0 radical (unpaired) electrons. The van der Waals surface area contributed by atoms with Gasteiger partial charge in [0, 0.05) is 49.3 Å². The largest absolute Gasteiger partial charge is 0.487 e. The van der Waals surface area contributed by atoms with Crippen molar-refractivity contribution in [2.24, 2.45) is 28.8 Å². The van der Waals surface area contributed by atoms with Crippen molar-refractivity contribution in [1.82, 2.24) is 9.88 Å². The number of ether oxygens (including phenoxy) is 3. The summed E-state index contributed by atoms with van der Waals surface area (Å²) in [5.74, 6) is 0.322. The van der Waals surface area contributed by atoms with Gasteiger partial charge >= 0.3 is 0 Å². The lowest BCUT2D eigenvalue weighted by Gasteiger charge is -2.60. The molecule has 6 unspecified atom stereocenters. The molecule has 0 spiro atoms. The first kappa shape index (κ1) is 39.0. The molecule has 10 nitrogen and oxygen atoms in total. The zero-order valence-corrected chi connectivity index (χ0v) is 31.9. The second-order valence-corrected chi connectivity index (χ2v) is 15.1. The van der Waals surface area contributed by atoms with Gasteiger partial charge in [-0.05, 0) is 107 Å². The fraction of sp³-hybridized carbons (Fsp3) is 0.605. The summed E-state index contributed by atoms with van der Waals surface area (Å²) in [7, 11) is 0. The highest BCUT2D eigenvalue weighted by atomic mass is 16.7. The molecule has 1 aliphatic heterocycles. The number of aliphatic hydroxyl groups is 2. The van der Waals surface area contributed by atoms with Crippen molar-refractivity contribution in [3.8, 4) is 11.5 Å². The smallest absolute Gasteiger partial charge is 0.239 e. The van der Waals surface area contributed by atoms with Crippen LogP contribution >= 0.6 is 0 Å². The minimum absolute atomic E-state index is 0.0185. The molecule has 2 heterocycles. The highest BCUT2D eigenvalue weighted by molar-refractivity contribution is 6.03. The lowest BCUT2D eigenvalue weighted by atomic mass is 9.55. The number of carbonyl (C=O) groups excluding carboxylic acids is 1. The molecular formula is C43H59N3O7. The number of aryl methyl sites for hydroxylation is 1. The molecule has 53 heavy (non-hydrogen) atoms. The van der Waals surface area contributed by atoms with Crippen LogP contribution in [0.5, 0.6) is 11.5 Å². The first-order chi connectivity index (χ1) is 25.9. The standard InChI is InChI=1S/C43H59N3O7/c1-5-21-46(42(49)30-17-18-30)39-27-37(45-52-7-3)35-25-31(14-8-10-22-47)34(16-9-11-23-48)40-36-26-33(50-28-32-15-12-13-29(4)44-32)19-20-38(36)53-43(39,41(35)40)51-24-6-2/h6,12-13,15,19-20,25-26,30-31,34,39-41,47-48H,2,5,7-11,14,16-18,21-24,27-28H2,1,3-4H3. The van der Waals surface area contributed by atoms with Crippen LogP contribution in [0.2, 0.25) is 0 Å². The molecule has 2 aromatic rings. The Kier molecular flexibility index (Phi) is 13.3. The Labute approximate surface area is 315 Å². The number of fused-ring (bicyclic) bond motifs is 2. The number of aliphatic hydroxyl groups excluding tert-OH is 2. The Balaban J connectivity index is 1.54. The van der Waals surface area contributed by atoms with Gasteiger partial charge in [0.2, 0.25) is 11.7 Å². The number of benzene rings is 1. The van der Waals surface area contributed by atoms with Crippen LogP contribution in [-0.2, 0) is 21.0 Å². The number of hydrogen-bond donors (Lipinski definition) is 2. The summed E-state index contributed by atoms with van der Waals surface area (Å²) >= 11 is 0. The van der Waals surface area contributed by atoms with E-state index in [-0.39, 0.29) is 55.3 Å². The maximum atomic E-state index is 14.2. The SMILES string of the molecule is C=CCOC12Oc3ccc(OCc4cccc(C)n4)cc3C3C(CCCCO)C(CCCCO)C=C(C(=NOCC)CC1N(CCC)C(=O)C1CC1)C32. The molecule has 2 fully saturated rings. The first-order valence-electron chi connectivity index (χ1n) is 19.9. The third-order valence-corrected chi connectivity index (χ3v) is 11.3. The third kappa shape index (κ3) is 8.50. The molecule has 0 saturated heterocycles. The van der Waals surface area contributed by atoms with Crippen molar-refractivity contribution in [3.05, 3.63) is 77.7 Å². The number of allylic oxidation sites excluding steroid dienone is 1. The van der Waals surface area contributed by atoms with Crippen LogP contribution in [-0.4, -0.2) is 76.5 Å². The third-order valence-electron chi connectivity index (χ3n) is 11.3. The minimum atomic E-state index is -1.22. The fourth-order valence-corrected chi connectivity index (χ4v) is 8.94. The van der Waals surface area contributed by atoms with Crippen LogP contribution in [0, 0.1) is 30.6 Å². The molecule has 3 aliphatic carbocycles. The number of pyridine rings is 1. The monoisotopic (exact) mass is 729 g/mol. The number of nitrogens with zero attached hydrogens (tertiary/aromatic N) is 3. The Morgan fingerprint density at radius 2 is 1.91 bits per heavy atom. The topological polar surface area (TPSA) is 123 Å². The average Bonchev–Trinajstić information content (AvgIpc) is 4.02. The molecule has 0 bridgehead atoms. The molecule has 1 aromatic carbocycles. The van der Waals surface area contributed by atoms with Gasteiger partial charge in [-0.25, -0.2) is 0 Å². The van der Waals surface area contributed by atoms with Crippen LogP contribution in [0.4, 0.5) is 0 Å². The Morgan fingerprint density at radius 1 is 1.11 bits per heavy atom. The highest BCUT2D eigenvalue weighted by Gasteiger charge is 2.65. The second-order valence-electron chi connectivity index (χ2n) is 15.1. The van der Waals surface area contributed by atoms with Crippen molar-refractivity contribution >= 4 is 11.6 Å². The summed E-state index contributed by atoms with van der Waals surface area (Å²) in [6.45, 7) is 11.9. The number of amides is 1. The molecular weight excluding hydrogens is 670 g/mol. The molecule has 1 amide bonds. The van der Waals surface area contributed by atoms with E-state index in [0.717, 1.165) is 91.1 Å². The first-order valence-corrected chi connectivity index (χ1v) is 19.9. The zero-order valence-electron chi connectivity index (χ0n) is 31.9. The highest BCUT2D eigenvalue weighted by Crippen LogP contribution is 2.62. The van der Waals surface area contributed by atoms with E-state index in [0.29, 0.717) is 32.6 Å². The van der Waals surface area contributed by atoms with Gasteiger partial charge < -0.3 is 34.2 Å². The van der Waals surface area contributed by atoms with Gasteiger partial charge in [-0.1, -0.05) is 43.1 Å². The Hall–Kier alpha value is -3.73. The molecule has 6 rings (SSSR count). The molecule has 6 atom stereocenters. The Morgan fingerprint density at radius 3 is 2.60 bits per heavy atom. The van der Waals surface area contributed by atoms with Gasteiger partial charge in [0.25, 0.3) is 0 Å². The summed E-state index contributed by atoms with van der Waals surface area (Å²) < 4.78 is 20.7. The zero-order chi connectivity index (χ0) is 37.4. The molecule has 4 aliphatic rings. The molecule has 2 N–H and O–H groups in total. The van der Waals surface area contributed by atoms with Gasteiger partial charge in [-0.2, -0.15) is 0 Å². The van der Waals surface area contributed by atoms with Crippen LogP contribution < -0.4 is 9.47 Å². The maximum absolute atomic E-state index is 14.2. The quantitative estimate of drug-likeness (QED) is 0.0829. The number of carbonyl (C=O) groups is 1. The van der Waals surface area contributed by atoms with Crippen molar-refractivity contribution in [2.45, 2.75) is 109 Å². The van der Waals surface area contributed by atoms with Crippen molar-refractivity contribution in [1.29, 1.82) is 0 Å². The summed E-state index contributed by atoms with van der Waals surface area (Å²) in [6, 6.07) is 11.6. The predicted molar refractivity (Wildman–Crippen MR) is 205 cm³/mol. The summed E-state index contributed by atoms with van der Waals surface area (Å²) in [4.78, 5) is 26.7. The molecule has 1 aromatic heterocycles. The number of oxime groups is 1. The van der Waals surface area contributed by atoms with Gasteiger partial charge in [0.05, 0.1) is 23.9 Å².